The fourth-order valence-electron chi connectivity index (χ4n) is 1.74. The molecule has 2 nitrogen and oxygen atoms in total. The summed E-state index contributed by atoms with van der Waals surface area (Å²) in [4.78, 5) is 0. The largest absolute Gasteiger partial charge is 0.491 e. The lowest BCUT2D eigenvalue weighted by Crippen LogP contribution is -2.19. The first-order valence-electron chi connectivity index (χ1n) is 5.77. The van der Waals surface area contributed by atoms with Crippen LogP contribution in [0, 0.1) is 13.8 Å². The average molecular weight is 297 g/mol. The number of hydrogen-bond donors (Lipinski definition) is 0. The predicted octanol–water partition coefficient (Wildman–Crippen LogP) is 4.00. The lowest BCUT2D eigenvalue weighted by molar-refractivity contribution is -0.175. The highest BCUT2D eigenvalue weighted by molar-refractivity contribution is 6.17. The molecule has 19 heavy (non-hydrogen) atoms. The number of hydrogen-bond acceptors (Lipinski definition) is 2. The SMILES string of the molecule is Cc1cc(CCl)cc(C)c1OCCOCC(F)(F)F. The van der Waals surface area contributed by atoms with Crippen LogP contribution in [0.3, 0.4) is 0 Å². The van der Waals surface area contributed by atoms with Crippen molar-refractivity contribution in [2.75, 3.05) is 19.8 Å². The van der Waals surface area contributed by atoms with E-state index >= 15 is 0 Å². The van der Waals surface area contributed by atoms with Gasteiger partial charge >= 0.3 is 6.18 Å². The van der Waals surface area contributed by atoms with Crippen molar-refractivity contribution in [1.29, 1.82) is 0 Å². The lowest BCUT2D eigenvalue weighted by Gasteiger charge is -2.14. The van der Waals surface area contributed by atoms with Gasteiger partial charge in [0.15, 0.2) is 0 Å². The van der Waals surface area contributed by atoms with Crippen molar-refractivity contribution in [2.24, 2.45) is 0 Å². The highest BCUT2D eigenvalue weighted by atomic mass is 35.5. The molecule has 1 aromatic rings. The molecule has 0 aromatic heterocycles. The van der Waals surface area contributed by atoms with Crippen molar-refractivity contribution in [3.8, 4) is 5.75 Å². The summed E-state index contributed by atoms with van der Waals surface area (Å²) in [5, 5.41) is 0. The van der Waals surface area contributed by atoms with Gasteiger partial charge in [-0.25, -0.2) is 0 Å². The maximum atomic E-state index is 11.8. The molecule has 0 radical (unpaired) electrons. The minimum Gasteiger partial charge on any atom is -0.491 e. The summed E-state index contributed by atoms with van der Waals surface area (Å²) < 4.78 is 45.4. The summed E-state index contributed by atoms with van der Waals surface area (Å²) in [6.45, 7) is 2.47. The third-order valence-corrected chi connectivity index (χ3v) is 2.72. The first-order chi connectivity index (χ1) is 8.83. The van der Waals surface area contributed by atoms with E-state index in [0.717, 1.165) is 16.7 Å². The van der Waals surface area contributed by atoms with E-state index in [1.165, 1.54) is 0 Å². The average Bonchev–Trinajstić information content (AvgIpc) is 2.30. The van der Waals surface area contributed by atoms with Crippen LogP contribution in [0.1, 0.15) is 16.7 Å². The highest BCUT2D eigenvalue weighted by Gasteiger charge is 2.27. The Hall–Kier alpha value is -0.940. The molecule has 0 saturated heterocycles. The maximum absolute atomic E-state index is 11.8. The van der Waals surface area contributed by atoms with Crippen LogP contribution in [-0.2, 0) is 10.6 Å². The second-order valence-corrected chi connectivity index (χ2v) is 4.48. The van der Waals surface area contributed by atoms with Gasteiger partial charge in [-0.3, -0.25) is 0 Å². The summed E-state index contributed by atoms with van der Waals surface area (Å²) >= 11 is 5.74. The number of benzene rings is 1. The van der Waals surface area contributed by atoms with E-state index in [-0.39, 0.29) is 13.2 Å². The van der Waals surface area contributed by atoms with Crippen LogP contribution in [0.4, 0.5) is 13.2 Å². The number of alkyl halides is 4. The highest BCUT2D eigenvalue weighted by Crippen LogP contribution is 2.25. The Bertz CT molecular complexity index is 396. The van der Waals surface area contributed by atoms with Crippen molar-refractivity contribution in [1.82, 2.24) is 0 Å². The van der Waals surface area contributed by atoms with E-state index in [9.17, 15) is 13.2 Å². The summed E-state index contributed by atoms with van der Waals surface area (Å²) in [5.74, 6) is 1.08. The van der Waals surface area contributed by atoms with Gasteiger partial charge in [-0.1, -0.05) is 12.1 Å². The zero-order valence-electron chi connectivity index (χ0n) is 10.8. The fraction of sp³-hybridized carbons (Fsp3) is 0.538. The smallest absolute Gasteiger partial charge is 0.411 e. The molecule has 0 fully saturated rings. The molecule has 0 atom stereocenters. The van der Waals surface area contributed by atoms with Gasteiger partial charge in [-0.2, -0.15) is 13.2 Å². The van der Waals surface area contributed by atoms with Crippen LogP contribution in [0.25, 0.3) is 0 Å². The molecule has 0 aliphatic carbocycles. The Kier molecular flexibility index (Phi) is 5.94. The minimum atomic E-state index is -4.30. The Morgan fingerprint density at radius 2 is 1.68 bits per heavy atom. The molecule has 0 amide bonds. The molecule has 0 aliphatic rings. The molecule has 0 N–H and O–H groups in total. The normalized spacial score (nSPS) is 11.7. The molecule has 108 valence electrons. The number of rotatable bonds is 6. The first kappa shape index (κ1) is 16.1. The zero-order valence-corrected chi connectivity index (χ0v) is 11.6. The quantitative estimate of drug-likeness (QED) is 0.583. The van der Waals surface area contributed by atoms with Crippen LogP contribution in [0.2, 0.25) is 0 Å². The number of aryl methyl sites for hydroxylation is 2. The van der Waals surface area contributed by atoms with Crippen molar-refractivity contribution in [3.05, 3.63) is 28.8 Å². The van der Waals surface area contributed by atoms with Crippen LogP contribution in [0.15, 0.2) is 12.1 Å². The second kappa shape index (κ2) is 7.01. The summed E-state index contributed by atoms with van der Waals surface area (Å²) in [6.07, 6.45) is -4.30. The summed E-state index contributed by atoms with van der Waals surface area (Å²) in [5.41, 5.74) is 2.80. The molecule has 0 bridgehead atoms. The van der Waals surface area contributed by atoms with Crippen molar-refractivity contribution in [2.45, 2.75) is 25.9 Å². The van der Waals surface area contributed by atoms with Crippen LogP contribution < -0.4 is 4.74 Å². The maximum Gasteiger partial charge on any atom is 0.411 e. The van der Waals surface area contributed by atoms with Gasteiger partial charge in [-0.05, 0) is 30.5 Å². The molecule has 1 aromatic carbocycles. The Labute approximate surface area is 115 Å². The van der Waals surface area contributed by atoms with Crippen molar-refractivity contribution < 1.29 is 22.6 Å². The molecule has 0 aliphatic heterocycles. The minimum absolute atomic E-state index is 0.0813. The van der Waals surface area contributed by atoms with E-state index in [0.29, 0.717) is 11.6 Å². The molecule has 0 spiro atoms. The standard InChI is InChI=1S/C13H16ClF3O2/c1-9-5-11(7-14)6-10(2)12(9)19-4-3-18-8-13(15,16)17/h5-6H,3-4,7-8H2,1-2H3. The van der Waals surface area contributed by atoms with Gasteiger partial charge in [-0.15, -0.1) is 11.6 Å². The van der Waals surface area contributed by atoms with Crippen LogP contribution >= 0.6 is 11.6 Å². The molecule has 6 heteroatoms. The Balaban J connectivity index is 2.46. The zero-order chi connectivity index (χ0) is 14.5. The van der Waals surface area contributed by atoms with Gasteiger partial charge in [0.2, 0.25) is 0 Å². The Morgan fingerprint density at radius 1 is 1.11 bits per heavy atom. The van der Waals surface area contributed by atoms with Gasteiger partial charge in [0.05, 0.1) is 6.61 Å². The van der Waals surface area contributed by atoms with Gasteiger partial charge in [0.1, 0.15) is 19.0 Å². The predicted molar refractivity (Wildman–Crippen MR) is 67.8 cm³/mol. The molecular formula is C13H16ClF3O2. The molecule has 0 unspecified atom stereocenters. The van der Waals surface area contributed by atoms with Crippen LogP contribution in [0.5, 0.6) is 5.75 Å². The topological polar surface area (TPSA) is 18.5 Å². The number of ether oxygens (including phenoxy) is 2. The summed E-state index contributed by atoms with van der Waals surface area (Å²) in [7, 11) is 0. The molecule has 1 rings (SSSR count). The van der Waals surface area contributed by atoms with Crippen LogP contribution in [-0.4, -0.2) is 26.0 Å². The second-order valence-electron chi connectivity index (χ2n) is 4.21. The van der Waals surface area contributed by atoms with Gasteiger partial charge in [0.25, 0.3) is 0 Å². The van der Waals surface area contributed by atoms with E-state index in [1.807, 2.05) is 26.0 Å². The van der Waals surface area contributed by atoms with Crippen molar-refractivity contribution >= 4 is 11.6 Å². The number of halogens is 4. The molecule has 0 heterocycles. The fourth-order valence-corrected chi connectivity index (χ4v) is 1.89. The molecular weight excluding hydrogens is 281 g/mol. The summed E-state index contributed by atoms with van der Waals surface area (Å²) in [6, 6.07) is 3.79. The monoisotopic (exact) mass is 296 g/mol. The van der Waals surface area contributed by atoms with E-state index < -0.39 is 12.8 Å². The third kappa shape index (κ3) is 5.70. The van der Waals surface area contributed by atoms with E-state index in [4.69, 9.17) is 16.3 Å². The molecule has 0 saturated carbocycles. The van der Waals surface area contributed by atoms with Crippen molar-refractivity contribution in [3.63, 3.8) is 0 Å². The lowest BCUT2D eigenvalue weighted by atomic mass is 10.1. The first-order valence-corrected chi connectivity index (χ1v) is 6.30. The Morgan fingerprint density at radius 3 is 2.16 bits per heavy atom. The third-order valence-electron chi connectivity index (χ3n) is 2.41. The van der Waals surface area contributed by atoms with Gasteiger partial charge in [0, 0.05) is 5.88 Å². The van der Waals surface area contributed by atoms with E-state index in [1.54, 1.807) is 0 Å². The van der Waals surface area contributed by atoms with Gasteiger partial charge < -0.3 is 9.47 Å². The van der Waals surface area contributed by atoms with E-state index in [2.05, 4.69) is 4.74 Å².